The number of amides is 1. The number of thiazole rings is 1. The van der Waals surface area contributed by atoms with Crippen LogP contribution in [0.4, 0.5) is 0 Å². The van der Waals surface area contributed by atoms with Crippen LogP contribution in [0.5, 0.6) is 5.75 Å². The third-order valence-electron chi connectivity index (χ3n) is 5.83. The van der Waals surface area contributed by atoms with E-state index in [1.54, 1.807) is 18.4 Å². The zero-order valence-electron chi connectivity index (χ0n) is 17.5. The Hall–Kier alpha value is -2.90. The molecular formula is C24H25N3O3S. The van der Waals surface area contributed by atoms with Crippen LogP contribution in [0.15, 0.2) is 54.7 Å². The van der Waals surface area contributed by atoms with Gasteiger partial charge in [0.2, 0.25) is 0 Å². The molecule has 1 saturated heterocycles. The SMILES string of the molecule is COCCn1ccc2c(OCC(=O)N3CCC[C@@H]3c3nc4ccccc4s3)cccc21. The van der Waals surface area contributed by atoms with Crippen molar-refractivity contribution in [3.63, 3.8) is 0 Å². The van der Waals surface area contributed by atoms with Gasteiger partial charge in [-0.1, -0.05) is 18.2 Å². The van der Waals surface area contributed by atoms with E-state index in [0.717, 1.165) is 57.8 Å². The fourth-order valence-corrected chi connectivity index (χ4v) is 5.40. The van der Waals surface area contributed by atoms with Gasteiger partial charge in [0.1, 0.15) is 10.8 Å². The number of benzene rings is 2. The van der Waals surface area contributed by atoms with Gasteiger partial charge < -0.3 is 18.9 Å². The Balaban J connectivity index is 1.30. The lowest BCUT2D eigenvalue weighted by Crippen LogP contribution is -2.34. The van der Waals surface area contributed by atoms with Crippen molar-refractivity contribution in [1.29, 1.82) is 0 Å². The van der Waals surface area contributed by atoms with Gasteiger partial charge in [-0.25, -0.2) is 4.98 Å². The zero-order valence-corrected chi connectivity index (χ0v) is 18.3. The minimum Gasteiger partial charge on any atom is -0.483 e. The van der Waals surface area contributed by atoms with Crippen molar-refractivity contribution in [3.8, 4) is 5.75 Å². The van der Waals surface area contributed by atoms with Crippen molar-refractivity contribution < 1.29 is 14.3 Å². The molecular weight excluding hydrogens is 410 g/mol. The fourth-order valence-electron chi connectivity index (χ4n) is 4.28. The molecule has 1 atom stereocenters. The van der Waals surface area contributed by atoms with E-state index in [-0.39, 0.29) is 18.6 Å². The van der Waals surface area contributed by atoms with Crippen LogP contribution in [0.1, 0.15) is 23.9 Å². The number of hydrogen-bond acceptors (Lipinski definition) is 5. The zero-order chi connectivity index (χ0) is 21.2. The van der Waals surface area contributed by atoms with Crippen LogP contribution >= 0.6 is 11.3 Å². The number of ether oxygens (including phenoxy) is 2. The molecule has 2 aromatic carbocycles. The van der Waals surface area contributed by atoms with E-state index in [9.17, 15) is 4.79 Å². The van der Waals surface area contributed by atoms with Gasteiger partial charge in [-0.15, -0.1) is 11.3 Å². The monoisotopic (exact) mass is 435 g/mol. The first kappa shape index (κ1) is 20.0. The van der Waals surface area contributed by atoms with Crippen LogP contribution in [-0.2, 0) is 16.1 Å². The topological polar surface area (TPSA) is 56.6 Å². The predicted molar refractivity (Wildman–Crippen MR) is 123 cm³/mol. The number of rotatable bonds is 7. The van der Waals surface area contributed by atoms with Crippen LogP contribution < -0.4 is 4.74 Å². The maximum Gasteiger partial charge on any atom is 0.261 e. The number of para-hydroxylation sites is 1. The van der Waals surface area contributed by atoms with Gasteiger partial charge in [0, 0.05) is 31.8 Å². The Morgan fingerprint density at radius 2 is 2.10 bits per heavy atom. The maximum absolute atomic E-state index is 13.1. The summed E-state index contributed by atoms with van der Waals surface area (Å²) in [6, 6.07) is 16.2. The number of likely N-dealkylation sites (tertiary alicyclic amines) is 1. The number of fused-ring (bicyclic) bond motifs is 2. The molecule has 0 saturated carbocycles. The van der Waals surface area contributed by atoms with Crippen molar-refractivity contribution in [1.82, 2.24) is 14.5 Å². The molecule has 31 heavy (non-hydrogen) atoms. The van der Waals surface area contributed by atoms with Gasteiger partial charge in [0.15, 0.2) is 6.61 Å². The minimum absolute atomic E-state index is 0.0116. The third-order valence-corrected chi connectivity index (χ3v) is 6.97. The van der Waals surface area contributed by atoms with Crippen LogP contribution in [0, 0.1) is 0 Å². The molecule has 0 radical (unpaired) electrons. The third kappa shape index (κ3) is 3.91. The molecule has 1 aliphatic rings. The number of nitrogens with zero attached hydrogens (tertiary/aromatic N) is 3. The van der Waals surface area contributed by atoms with Crippen LogP contribution in [0.25, 0.3) is 21.1 Å². The lowest BCUT2D eigenvalue weighted by Gasteiger charge is -2.23. The minimum atomic E-state index is 0.0116. The molecule has 2 aromatic heterocycles. The molecule has 0 spiro atoms. The average Bonchev–Trinajstić information content (AvgIpc) is 3.53. The average molecular weight is 436 g/mol. The van der Waals surface area contributed by atoms with E-state index in [2.05, 4.69) is 16.7 Å². The maximum atomic E-state index is 13.1. The molecule has 1 amide bonds. The van der Waals surface area contributed by atoms with Crippen molar-refractivity contribution in [2.45, 2.75) is 25.4 Å². The summed E-state index contributed by atoms with van der Waals surface area (Å²) in [5.41, 5.74) is 2.08. The normalized spacial score (nSPS) is 16.4. The van der Waals surface area contributed by atoms with E-state index in [0.29, 0.717) is 6.61 Å². The van der Waals surface area contributed by atoms with E-state index >= 15 is 0 Å². The fraction of sp³-hybridized carbons (Fsp3) is 0.333. The lowest BCUT2D eigenvalue weighted by molar-refractivity contribution is -0.134. The Labute approximate surface area is 185 Å². The van der Waals surface area contributed by atoms with E-state index in [1.165, 1.54) is 0 Å². The summed E-state index contributed by atoms with van der Waals surface area (Å²) in [6.07, 6.45) is 3.97. The smallest absolute Gasteiger partial charge is 0.261 e. The number of carbonyl (C=O) groups is 1. The Morgan fingerprint density at radius 1 is 1.19 bits per heavy atom. The molecule has 3 heterocycles. The van der Waals surface area contributed by atoms with Crippen molar-refractivity contribution in [2.75, 3.05) is 26.9 Å². The predicted octanol–water partition coefficient (Wildman–Crippen LogP) is 4.64. The second-order valence-electron chi connectivity index (χ2n) is 7.74. The van der Waals surface area contributed by atoms with E-state index in [1.807, 2.05) is 47.5 Å². The number of hydrogen-bond donors (Lipinski definition) is 0. The van der Waals surface area contributed by atoms with Crippen LogP contribution in [0.3, 0.4) is 0 Å². The molecule has 160 valence electrons. The van der Waals surface area contributed by atoms with E-state index < -0.39 is 0 Å². The summed E-state index contributed by atoms with van der Waals surface area (Å²) in [7, 11) is 1.70. The van der Waals surface area contributed by atoms with E-state index in [4.69, 9.17) is 14.5 Å². The molecule has 7 heteroatoms. The highest BCUT2D eigenvalue weighted by molar-refractivity contribution is 7.18. The summed E-state index contributed by atoms with van der Waals surface area (Å²) < 4.78 is 14.5. The van der Waals surface area contributed by atoms with Gasteiger partial charge in [-0.3, -0.25) is 4.79 Å². The number of methoxy groups -OCH3 is 1. The Morgan fingerprint density at radius 3 is 2.97 bits per heavy atom. The Bertz CT molecular complexity index is 1180. The second kappa shape index (κ2) is 8.69. The molecule has 0 unspecified atom stereocenters. The second-order valence-corrected chi connectivity index (χ2v) is 8.81. The first-order valence-corrected chi connectivity index (χ1v) is 11.4. The molecule has 0 aliphatic carbocycles. The first-order valence-electron chi connectivity index (χ1n) is 10.6. The summed E-state index contributed by atoms with van der Waals surface area (Å²) in [6.45, 7) is 2.21. The standard InChI is InChI=1S/C24H25N3O3S/c1-29-15-14-26-13-11-17-19(26)7-4-9-21(17)30-16-23(28)27-12-5-8-20(27)24-25-18-6-2-3-10-22(18)31-24/h2-4,6-7,9-11,13,20H,5,8,12,14-16H2,1H3/t20-/m1/s1. The highest BCUT2D eigenvalue weighted by atomic mass is 32.1. The molecule has 0 N–H and O–H groups in total. The molecule has 1 aliphatic heterocycles. The van der Waals surface area contributed by atoms with Gasteiger partial charge in [-0.05, 0) is 43.2 Å². The largest absolute Gasteiger partial charge is 0.483 e. The first-order chi connectivity index (χ1) is 15.2. The lowest BCUT2D eigenvalue weighted by atomic mass is 10.2. The summed E-state index contributed by atoms with van der Waals surface area (Å²) >= 11 is 1.68. The van der Waals surface area contributed by atoms with Gasteiger partial charge in [0.25, 0.3) is 5.91 Å². The van der Waals surface area contributed by atoms with Crippen LogP contribution in [0.2, 0.25) is 0 Å². The highest BCUT2D eigenvalue weighted by Crippen LogP contribution is 2.36. The van der Waals surface area contributed by atoms with Crippen molar-refractivity contribution >= 4 is 38.4 Å². The molecule has 4 aromatic rings. The van der Waals surface area contributed by atoms with Crippen LogP contribution in [-0.4, -0.2) is 47.2 Å². The summed E-state index contributed by atoms with van der Waals surface area (Å²) in [5, 5.41) is 2.03. The quantitative estimate of drug-likeness (QED) is 0.424. The highest BCUT2D eigenvalue weighted by Gasteiger charge is 2.32. The summed E-state index contributed by atoms with van der Waals surface area (Å²) in [4.78, 5) is 19.8. The molecule has 1 fully saturated rings. The van der Waals surface area contributed by atoms with Gasteiger partial charge in [-0.2, -0.15) is 0 Å². The van der Waals surface area contributed by atoms with Crippen molar-refractivity contribution in [3.05, 3.63) is 59.7 Å². The van der Waals surface area contributed by atoms with Gasteiger partial charge >= 0.3 is 0 Å². The Kier molecular flexibility index (Phi) is 5.61. The number of aromatic nitrogens is 2. The van der Waals surface area contributed by atoms with Crippen molar-refractivity contribution in [2.24, 2.45) is 0 Å². The molecule has 5 rings (SSSR count). The summed E-state index contributed by atoms with van der Waals surface area (Å²) in [5.74, 6) is 0.746. The molecule has 0 bridgehead atoms. The number of carbonyl (C=O) groups excluding carboxylic acids is 1. The molecule has 6 nitrogen and oxygen atoms in total. The van der Waals surface area contributed by atoms with Gasteiger partial charge in [0.05, 0.1) is 28.4 Å².